The lowest BCUT2D eigenvalue weighted by atomic mass is 10.0. The van der Waals surface area contributed by atoms with Crippen LogP contribution in [0.4, 0.5) is 4.79 Å². The van der Waals surface area contributed by atoms with E-state index >= 15 is 0 Å². The van der Waals surface area contributed by atoms with Crippen molar-refractivity contribution in [3.05, 3.63) is 0 Å². The molecule has 0 aromatic carbocycles. The minimum absolute atomic E-state index is 0.0449. The van der Waals surface area contributed by atoms with Crippen LogP contribution in [-0.4, -0.2) is 47.2 Å². The minimum atomic E-state index is -0.894. The second-order valence-corrected chi connectivity index (χ2v) is 5.22. The Morgan fingerprint density at radius 2 is 1.94 bits per heavy atom. The van der Waals surface area contributed by atoms with Gasteiger partial charge < -0.3 is 21.1 Å². The molecule has 4 N–H and O–H groups in total. The summed E-state index contributed by atoms with van der Waals surface area (Å²) in [5, 5.41) is 11.6. The molecular formula is C12H23N3O3. The number of nitrogens with one attached hydrogen (secondary N) is 1. The molecule has 0 aliphatic carbocycles. The van der Waals surface area contributed by atoms with Crippen LogP contribution in [0.25, 0.3) is 0 Å². The van der Waals surface area contributed by atoms with Crippen molar-refractivity contribution in [2.45, 2.75) is 45.2 Å². The van der Waals surface area contributed by atoms with Gasteiger partial charge in [-0.25, -0.2) is 4.79 Å². The fraction of sp³-hybridized carbons (Fsp3) is 0.833. The molecule has 1 atom stereocenters. The highest BCUT2D eigenvalue weighted by atomic mass is 16.4. The van der Waals surface area contributed by atoms with Gasteiger partial charge in [0.25, 0.3) is 0 Å². The predicted octanol–water partition coefficient (Wildman–Crippen LogP) is 0.618. The predicted molar refractivity (Wildman–Crippen MR) is 68.2 cm³/mol. The van der Waals surface area contributed by atoms with E-state index < -0.39 is 5.97 Å². The summed E-state index contributed by atoms with van der Waals surface area (Å²) in [6.45, 7) is 5.09. The fourth-order valence-electron chi connectivity index (χ4n) is 1.99. The van der Waals surface area contributed by atoms with Crippen molar-refractivity contribution in [1.29, 1.82) is 0 Å². The average Bonchev–Trinajstić information content (AvgIpc) is 2.28. The molecule has 0 saturated carbocycles. The highest BCUT2D eigenvalue weighted by Gasteiger charge is 2.25. The first kappa shape index (κ1) is 14.8. The number of carbonyl (C=O) groups is 2. The Morgan fingerprint density at radius 1 is 1.39 bits per heavy atom. The zero-order valence-corrected chi connectivity index (χ0v) is 11.1. The summed E-state index contributed by atoms with van der Waals surface area (Å²) in [7, 11) is 0. The van der Waals surface area contributed by atoms with Crippen LogP contribution in [0, 0.1) is 5.92 Å². The monoisotopic (exact) mass is 257 g/mol. The van der Waals surface area contributed by atoms with Gasteiger partial charge in [0.2, 0.25) is 0 Å². The quantitative estimate of drug-likeness (QED) is 0.688. The molecule has 1 fully saturated rings. The number of nitrogens with two attached hydrogens (primary N) is 1. The van der Waals surface area contributed by atoms with E-state index in [1.54, 1.807) is 4.90 Å². The molecule has 6 heteroatoms. The van der Waals surface area contributed by atoms with Gasteiger partial charge in [-0.05, 0) is 18.8 Å². The maximum atomic E-state index is 12.0. The fourth-order valence-corrected chi connectivity index (χ4v) is 1.99. The highest BCUT2D eigenvalue weighted by molar-refractivity contribution is 5.76. The number of rotatable bonds is 4. The Bertz CT molecular complexity index is 299. The number of carbonyl (C=O) groups excluding carboxylic acids is 1. The largest absolute Gasteiger partial charge is 0.481 e. The summed E-state index contributed by atoms with van der Waals surface area (Å²) in [5.74, 6) is -0.799. The van der Waals surface area contributed by atoms with Gasteiger partial charge >= 0.3 is 12.0 Å². The zero-order chi connectivity index (χ0) is 13.7. The number of amides is 2. The third kappa shape index (κ3) is 4.52. The topological polar surface area (TPSA) is 95.7 Å². The molecule has 1 rings (SSSR count). The number of aliphatic carboxylic acids is 1. The van der Waals surface area contributed by atoms with Crippen molar-refractivity contribution < 1.29 is 14.7 Å². The Labute approximate surface area is 108 Å². The third-order valence-corrected chi connectivity index (χ3v) is 3.33. The maximum Gasteiger partial charge on any atom is 0.317 e. The number of nitrogens with zero attached hydrogens (tertiary/aromatic N) is 1. The van der Waals surface area contributed by atoms with Gasteiger partial charge in [-0.3, -0.25) is 4.79 Å². The van der Waals surface area contributed by atoms with Crippen LogP contribution in [-0.2, 0) is 4.79 Å². The molecule has 1 saturated heterocycles. The van der Waals surface area contributed by atoms with Gasteiger partial charge in [-0.2, -0.15) is 0 Å². The SMILES string of the molecule is CC(C)C(CC(=O)O)NC(=O)N1CCC(N)CC1. The summed E-state index contributed by atoms with van der Waals surface area (Å²) in [6, 6.07) is -0.332. The molecule has 104 valence electrons. The molecule has 1 aliphatic heterocycles. The van der Waals surface area contributed by atoms with Crippen LogP contribution in [0.2, 0.25) is 0 Å². The van der Waals surface area contributed by atoms with E-state index in [9.17, 15) is 9.59 Å². The first-order valence-electron chi connectivity index (χ1n) is 6.43. The molecule has 0 radical (unpaired) electrons. The molecule has 18 heavy (non-hydrogen) atoms. The summed E-state index contributed by atoms with van der Waals surface area (Å²) in [6.07, 6.45) is 1.56. The van der Waals surface area contributed by atoms with Crippen LogP contribution >= 0.6 is 0 Å². The normalized spacial score (nSPS) is 18.8. The van der Waals surface area contributed by atoms with Crippen LogP contribution in [0.15, 0.2) is 0 Å². The highest BCUT2D eigenvalue weighted by Crippen LogP contribution is 2.11. The van der Waals surface area contributed by atoms with Gasteiger partial charge in [-0.1, -0.05) is 13.8 Å². The average molecular weight is 257 g/mol. The van der Waals surface area contributed by atoms with Gasteiger partial charge in [0, 0.05) is 25.2 Å². The zero-order valence-electron chi connectivity index (χ0n) is 11.1. The molecule has 6 nitrogen and oxygen atoms in total. The lowest BCUT2D eigenvalue weighted by molar-refractivity contribution is -0.137. The standard InChI is InChI=1S/C12H23N3O3/c1-8(2)10(7-11(16)17)14-12(18)15-5-3-9(13)4-6-15/h8-10H,3-7,13H2,1-2H3,(H,14,18)(H,16,17). The number of hydrogen-bond donors (Lipinski definition) is 3. The Balaban J connectivity index is 2.48. The molecule has 0 spiro atoms. The second-order valence-electron chi connectivity index (χ2n) is 5.22. The van der Waals surface area contributed by atoms with Crippen molar-refractivity contribution in [2.24, 2.45) is 11.7 Å². The third-order valence-electron chi connectivity index (χ3n) is 3.33. The summed E-state index contributed by atoms with van der Waals surface area (Å²) in [4.78, 5) is 24.4. The first-order chi connectivity index (χ1) is 8.40. The molecular weight excluding hydrogens is 234 g/mol. The molecule has 1 heterocycles. The van der Waals surface area contributed by atoms with E-state index in [0.717, 1.165) is 12.8 Å². The number of urea groups is 1. The van der Waals surface area contributed by atoms with E-state index in [2.05, 4.69) is 5.32 Å². The van der Waals surface area contributed by atoms with E-state index in [4.69, 9.17) is 10.8 Å². The van der Waals surface area contributed by atoms with Crippen molar-refractivity contribution in [3.8, 4) is 0 Å². The summed E-state index contributed by atoms with van der Waals surface area (Å²) < 4.78 is 0. The lowest BCUT2D eigenvalue weighted by Gasteiger charge is -2.32. The number of piperidine rings is 1. The Morgan fingerprint density at radius 3 is 2.39 bits per heavy atom. The minimum Gasteiger partial charge on any atom is -0.481 e. The van der Waals surface area contributed by atoms with Crippen molar-refractivity contribution in [2.75, 3.05) is 13.1 Å². The molecule has 1 aliphatic rings. The van der Waals surface area contributed by atoms with Gasteiger partial charge in [0.1, 0.15) is 0 Å². The summed E-state index contributed by atoms with van der Waals surface area (Å²) >= 11 is 0. The maximum absolute atomic E-state index is 12.0. The Hall–Kier alpha value is -1.30. The van der Waals surface area contributed by atoms with E-state index in [1.165, 1.54) is 0 Å². The number of hydrogen-bond acceptors (Lipinski definition) is 3. The van der Waals surface area contributed by atoms with E-state index in [0.29, 0.717) is 13.1 Å². The first-order valence-corrected chi connectivity index (χ1v) is 6.43. The van der Waals surface area contributed by atoms with Crippen molar-refractivity contribution >= 4 is 12.0 Å². The van der Waals surface area contributed by atoms with Crippen molar-refractivity contribution in [1.82, 2.24) is 10.2 Å². The van der Waals surface area contributed by atoms with Gasteiger partial charge in [0.15, 0.2) is 0 Å². The van der Waals surface area contributed by atoms with Gasteiger partial charge in [0.05, 0.1) is 6.42 Å². The van der Waals surface area contributed by atoms with Crippen LogP contribution < -0.4 is 11.1 Å². The van der Waals surface area contributed by atoms with Crippen molar-refractivity contribution in [3.63, 3.8) is 0 Å². The molecule has 0 aromatic rings. The van der Waals surface area contributed by atoms with Crippen LogP contribution in [0.5, 0.6) is 0 Å². The smallest absolute Gasteiger partial charge is 0.317 e. The van der Waals surface area contributed by atoms with Gasteiger partial charge in [-0.15, -0.1) is 0 Å². The number of carboxylic acids is 1. The van der Waals surface area contributed by atoms with E-state index in [-0.39, 0.29) is 30.5 Å². The number of likely N-dealkylation sites (tertiary alicyclic amines) is 1. The van der Waals surface area contributed by atoms with E-state index in [1.807, 2.05) is 13.8 Å². The summed E-state index contributed by atoms with van der Waals surface area (Å²) in [5.41, 5.74) is 5.78. The molecule has 1 unspecified atom stereocenters. The Kier molecular flexibility index (Phi) is 5.40. The lowest BCUT2D eigenvalue weighted by Crippen LogP contribution is -2.51. The van der Waals surface area contributed by atoms with Crippen LogP contribution in [0.3, 0.4) is 0 Å². The van der Waals surface area contributed by atoms with Crippen LogP contribution in [0.1, 0.15) is 33.1 Å². The number of carboxylic acid groups (broad SMARTS) is 1. The molecule has 0 aromatic heterocycles. The molecule has 2 amide bonds. The molecule has 0 bridgehead atoms. The second kappa shape index (κ2) is 6.58.